The number of aromatic nitrogens is 4. The quantitative estimate of drug-likeness (QED) is 0.605. The lowest BCUT2D eigenvalue weighted by molar-refractivity contribution is -0.145. The number of nitrogens with zero attached hydrogens (tertiary/aromatic N) is 6. The number of imide groups is 1. The highest BCUT2D eigenvalue weighted by Crippen LogP contribution is 2.19. The average Bonchev–Trinajstić information content (AvgIpc) is 3.05. The van der Waals surface area contributed by atoms with Crippen molar-refractivity contribution < 1.29 is 9.59 Å². The molecule has 0 saturated carbocycles. The van der Waals surface area contributed by atoms with Gasteiger partial charge in [0.1, 0.15) is 5.82 Å². The molecule has 3 aromatic rings. The molecule has 0 N–H and O–H groups in total. The molecule has 8 nitrogen and oxygen atoms in total. The first-order valence-corrected chi connectivity index (χ1v) is 9.92. The zero-order valence-electron chi connectivity index (χ0n) is 17.4. The van der Waals surface area contributed by atoms with Crippen LogP contribution < -0.4 is 4.90 Å². The highest BCUT2D eigenvalue weighted by atomic mass is 16.2. The van der Waals surface area contributed by atoms with Crippen LogP contribution in [-0.4, -0.2) is 56.1 Å². The molecule has 8 heteroatoms. The molecular weight excluding hydrogens is 380 g/mol. The summed E-state index contributed by atoms with van der Waals surface area (Å²) >= 11 is 0. The zero-order valence-corrected chi connectivity index (χ0v) is 17.4. The first-order valence-electron chi connectivity index (χ1n) is 9.92. The van der Waals surface area contributed by atoms with Crippen molar-refractivity contribution in [3.05, 3.63) is 65.1 Å². The molecule has 1 aliphatic heterocycles. The summed E-state index contributed by atoms with van der Waals surface area (Å²) in [5, 5.41) is 4.43. The summed E-state index contributed by atoms with van der Waals surface area (Å²) in [6.45, 7) is 6.30. The fourth-order valence-corrected chi connectivity index (χ4v) is 3.61. The van der Waals surface area contributed by atoms with Gasteiger partial charge in [-0.2, -0.15) is 10.1 Å². The number of rotatable bonds is 5. The summed E-state index contributed by atoms with van der Waals surface area (Å²) < 4.78 is 1.67. The largest absolute Gasteiger partial charge is 0.338 e. The Hall–Kier alpha value is -3.55. The first-order chi connectivity index (χ1) is 14.4. The predicted molar refractivity (Wildman–Crippen MR) is 112 cm³/mol. The van der Waals surface area contributed by atoms with Crippen molar-refractivity contribution in [1.82, 2.24) is 24.6 Å². The second-order valence-corrected chi connectivity index (χ2v) is 7.54. The Bertz CT molecular complexity index is 1070. The van der Waals surface area contributed by atoms with Crippen LogP contribution in [0.25, 0.3) is 5.95 Å². The van der Waals surface area contributed by atoms with E-state index >= 15 is 0 Å². The molecule has 0 radical (unpaired) electrons. The number of amides is 2. The van der Waals surface area contributed by atoms with Gasteiger partial charge in [-0.25, -0.2) is 9.67 Å². The molecule has 0 aliphatic carbocycles. The maximum absolute atomic E-state index is 12.7. The van der Waals surface area contributed by atoms with E-state index in [-0.39, 0.29) is 24.9 Å². The van der Waals surface area contributed by atoms with Gasteiger partial charge in [0.15, 0.2) is 0 Å². The van der Waals surface area contributed by atoms with Crippen LogP contribution in [0.4, 0.5) is 5.82 Å². The minimum Gasteiger partial charge on any atom is -0.338 e. The van der Waals surface area contributed by atoms with E-state index in [0.29, 0.717) is 24.7 Å². The van der Waals surface area contributed by atoms with E-state index in [0.717, 1.165) is 22.6 Å². The number of benzene rings is 1. The topological polar surface area (TPSA) is 84.2 Å². The van der Waals surface area contributed by atoms with Crippen LogP contribution in [-0.2, 0) is 16.0 Å². The highest BCUT2D eigenvalue weighted by molar-refractivity contribution is 6.02. The fraction of sp³-hybridized carbons (Fsp3) is 0.318. The normalized spacial score (nSPS) is 14.5. The molecule has 0 unspecified atom stereocenters. The molecule has 0 bridgehead atoms. The van der Waals surface area contributed by atoms with E-state index in [4.69, 9.17) is 0 Å². The van der Waals surface area contributed by atoms with E-state index in [1.807, 2.05) is 57.2 Å². The lowest BCUT2D eigenvalue weighted by Crippen LogP contribution is -2.54. The van der Waals surface area contributed by atoms with Gasteiger partial charge in [-0.3, -0.25) is 14.5 Å². The fourth-order valence-electron chi connectivity index (χ4n) is 3.61. The summed E-state index contributed by atoms with van der Waals surface area (Å²) in [5.74, 6) is 0.550. The van der Waals surface area contributed by atoms with Crippen LogP contribution in [0.5, 0.6) is 0 Å². The van der Waals surface area contributed by atoms with Crippen molar-refractivity contribution in [2.75, 3.05) is 24.5 Å². The number of piperazine rings is 1. The Labute approximate surface area is 175 Å². The van der Waals surface area contributed by atoms with Crippen molar-refractivity contribution >= 4 is 17.6 Å². The molecular formula is C22H24N6O2. The third kappa shape index (κ3) is 4.07. The number of aryl methyl sites for hydroxylation is 3. The second kappa shape index (κ2) is 8.06. The zero-order chi connectivity index (χ0) is 21.3. The summed E-state index contributed by atoms with van der Waals surface area (Å²) in [6.07, 6.45) is 0.646. The summed E-state index contributed by atoms with van der Waals surface area (Å²) in [5.41, 5.74) is 3.63. The van der Waals surface area contributed by atoms with E-state index in [9.17, 15) is 9.59 Å². The molecule has 154 valence electrons. The van der Waals surface area contributed by atoms with Crippen LogP contribution in [0, 0.1) is 20.8 Å². The third-order valence-electron chi connectivity index (χ3n) is 5.07. The molecule has 2 amide bonds. The van der Waals surface area contributed by atoms with E-state index < -0.39 is 0 Å². The predicted octanol–water partition coefficient (Wildman–Crippen LogP) is 2.01. The second-order valence-electron chi connectivity index (χ2n) is 7.54. The Morgan fingerprint density at radius 1 is 0.900 bits per heavy atom. The Morgan fingerprint density at radius 3 is 2.23 bits per heavy atom. The molecule has 4 rings (SSSR count). The standard InChI is InChI=1S/C22H24N6O2/c1-15-12-19(24-22(23-15)28-17(3)11-16(2)25-28)26-13-20(29)27(21(30)14-26)10-9-18-7-5-4-6-8-18/h4-8,11-12H,9-10,13-14H2,1-3H3. The SMILES string of the molecule is Cc1cc(N2CC(=O)N(CCc3ccccc3)C(=O)C2)nc(-n2nc(C)cc2C)n1. The first kappa shape index (κ1) is 19.8. The van der Waals surface area contributed by atoms with Crippen LogP contribution in [0.1, 0.15) is 22.6 Å². The maximum Gasteiger partial charge on any atom is 0.252 e. The van der Waals surface area contributed by atoms with Gasteiger partial charge in [0.05, 0.1) is 18.8 Å². The average molecular weight is 404 g/mol. The molecule has 0 spiro atoms. The van der Waals surface area contributed by atoms with Crippen LogP contribution in [0.3, 0.4) is 0 Å². The van der Waals surface area contributed by atoms with Gasteiger partial charge in [-0.1, -0.05) is 30.3 Å². The third-order valence-corrected chi connectivity index (χ3v) is 5.07. The molecule has 1 aliphatic rings. The van der Waals surface area contributed by atoms with Crippen molar-refractivity contribution in [2.45, 2.75) is 27.2 Å². The smallest absolute Gasteiger partial charge is 0.252 e. The lowest BCUT2D eigenvalue weighted by atomic mass is 10.1. The van der Waals surface area contributed by atoms with E-state index in [1.54, 1.807) is 15.6 Å². The number of hydrogen-bond acceptors (Lipinski definition) is 6. The molecule has 1 aromatic carbocycles. The molecule has 2 aromatic heterocycles. The van der Waals surface area contributed by atoms with Gasteiger partial charge in [0.25, 0.3) is 5.95 Å². The minimum absolute atomic E-state index is 0.105. The van der Waals surface area contributed by atoms with E-state index in [1.165, 1.54) is 4.90 Å². The van der Waals surface area contributed by atoms with Gasteiger partial charge in [0.2, 0.25) is 11.8 Å². The molecule has 1 fully saturated rings. The summed E-state index contributed by atoms with van der Waals surface area (Å²) in [6, 6.07) is 13.6. The number of carbonyl (C=O) groups is 2. The van der Waals surface area contributed by atoms with Gasteiger partial charge in [0, 0.05) is 24.0 Å². The maximum atomic E-state index is 12.7. The number of anilines is 1. The lowest BCUT2D eigenvalue weighted by Gasteiger charge is -2.33. The van der Waals surface area contributed by atoms with Gasteiger partial charge >= 0.3 is 0 Å². The van der Waals surface area contributed by atoms with Crippen LogP contribution in [0.15, 0.2) is 42.5 Å². The minimum atomic E-state index is -0.217. The molecule has 1 saturated heterocycles. The van der Waals surface area contributed by atoms with E-state index in [2.05, 4.69) is 15.1 Å². The van der Waals surface area contributed by atoms with Gasteiger partial charge in [-0.05, 0) is 38.8 Å². The monoisotopic (exact) mass is 404 g/mol. The van der Waals surface area contributed by atoms with Crippen molar-refractivity contribution in [2.24, 2.45) is 0 Å². The molecule has 3 heterocycles. The number of carbonyl (C=O) groups excluding carboxylic acids is 2. The molecule has 0 atom stereocenters. The van der Waals surface area contributed by atoms with Crippen molar-refractivity contribution in [1.29, 1.82) is 0 Å². The summed E-state index contributed by atoms with van der Waals surface area (Å²) in [7, 11) is 0. The Morgan fingerprint density at radius 2 is 1.60 bits per heavy atom. The van der Waals surface area contributed by atoms with Crippen LogP contribution >= 0.6 is 0 Å². The Balaban J connectivity index is 1.51. The van der Waals surface area contributed by atoms with Gasteiger partial charge in [-0.15, -0.1) is 0 Å². The molecule has 30 heavy (non-hydrogen) atoms. The highest BCUT2D eigenvalue weighted by Gasteiger charge is 2.31. The van der Waals surface area contributed by atoms with Crippen molar-refractivity contribution in [3.63, 3.8) is 0 Å². The summed E-state index contributed by atoms with van der Waals surface area (Å²) in [4.78, 5) is 37.5. The number of hydrogen-bond donors (Lipinski definition) is 0. The van der Waals surface area contributed by atoms with Crippen LogP contribution in [0.2, 0.25) is 0 Å². The van der Waals surface area contributed by atoms with Crippen molar-refractivity contribution in [3.8, 4) is 5.95 Å². The van der Waals surface area contributed by atoms with Gasteiger partial charge < -0.3 is 4.90 Å². The Kier molecular flexibility index (Phi) is 5.31.